The van der Waals surface area contributed by atoms with E-state index in [4.69, 9.17) is 0 Å². The van der Waals surface area contributed by atoms with Gasteiger partial charge in [-0.15, -0.1) is 0 Å². The molecule has 2 rings (SSSR count). The van der Waals surface area contributed by atoms with Crippen LogP contribution in [0.3, 0.4) is 0 Å². The SMILES string of the molecule is Cc1cc2c(cc1C)S(=O)(=O)CC(C(C)C)N2. The molecule has 0 aromatic heterocycles. The molecule has 1 aliphatic rings. The lowest BCUT2D eigenvalue weighted by atomic mass is 10.0. The van der Waals surface area contributed by atoms with Gasteiger partial charge in [-0.25, -0.2) is 8.42 Å². The Hall–Kier alpha value is -1.03. The van der Waals surface area contributed by atoms with Gasteiger partial charge in [-0.3, -0.25) is 0 Å². The summed E-state index contributed by atoms with van der Waals surface area (Å²) in [6, 6.07) is 3.73. The van der Waals surface area contributed by atoms with Gasteiger partial charge in [-0.2, -0.15) is 0 Å². The highest BCUT2D eigenvalue weighted by atomic mass is 32.2. The quantitative estimate of drug-likeness (QED) is 0.836. The van der Waals surface area contributed by atoms with Crippen LogP contribution < -0.4 is 5.32 Å². The van der Waals surface area contributed by atoms with Gasteiger partial charge < -0.3 is 5.32 Å². The van der Waals surface area contributed by atoms with E-state index in [9.17, 15) is 8.42 Å². The van der Waals surface area contributed by atoms with Crippen molar-refractivity contribution in [2.75, 3.05) is 11.1 Å². The molecule has 0 fully saturated rings. The smallest absolute Gasteiger partial charge is 0.182 e. The molecule has 17 heavy (non-hydrogen) atoms. The Morgan fingerprint density at radius 2 is 1.82 bits per heavy atom. The summed E-state index contributed by atoms with van der Waals surface area (Å²) in [5, 5.41) is 3.34. The molecule has 1 aromatic rings. The Kier molecular flexibility index (Phi) is 2.94. The second kappa shape index (κ2) is 4.02. The predicted molar refractivity (Wildman–Crippen MR) is 70.2 cm³/mol. The molecule has 1 aromatic carbocycles. The van der Waals surface area contributed by atoms with E-state index in [0.29, 0.717) is 10.8 Å². The van der Waals surface area contributed by atoms with E-state index in [2.05, 4.69) is 5.32 Å². The first-order chi connectivity index (χ1) is 7.81. The number of aryl methyl sites for hydroxylation is 2. The normalized spacial score (nSPS) is 22.1. The van der Waals surface area contributed by atoms with Gasteiger partial charge in [0.05, 0.1) is 16.3 Å². The lowest BCUT2D eigenvalue weighted by Crippen LogP contribution is -2.38. The van der Waals surface area contributed by atoms with Crippen molar-refractivity contribution in [3.63, 3.8) is 0 Å². The molecule has 3 nitrogen and oxygen atoms in total. The highest BCUT2D eigenvalue weighted by Crippen LogP contribution is 2.32. The van der Waals surface area contributed by atoms with Crippen molar-refractivity contribution in [3.8, 4) is 0 Å². The predicted octanol–water partition coefficient (Wildman–Crippen LogP) is 2.53. The maximum absolute atomic E-state index is 12.2. The zero-order valence-corrected chi connectivity index (χ0v) is 11.6. The lowest BCUT2D eigenvalue weighted by molar-refractivity contribution is 0.531. The Balaban J connectivity index is 2.57. The van der Waals surface area contributed by atoms with Crippen molar-refractivity contribution in [1.29, 1.82) is 0 Å². The monoisotopic (exact) mass is 253 g/mol. The van der Waals surface area contributed by atoms with Gasteiger partial charge in [-0.05, 0) is 43.0 Å². The van der Waals surface area contributed by atoms with Crippen LogP contribution in [0.25, 0.3) is 0 Å². The number of anilines is 1. The van der Waals surface area contributed by atoms with Crippen LogP contribution in [-0.4, -0.2) is 20.2 Å². The van der Waals surface area contributed by atoms with Crippen LogP contribution in [0.5, 0.6) is 0 Å². The van der Waals surface area contributed by atoms with Crippen LogP contribution in [0.1, 0.15) is 25.0 Å². The third kappa shape index (κ3) is 2.18. The fourth-order valence-electron chi connectivity index (χ4n) is 2.09. The van der Waals surface area contributed by atoms with Gasteiger partial charge in [0, 0.05) is 6.04 Å². The molecule has 0 radical (unpaired) electrons. The van der Waals surface area contributed by atoms with E-state index < -0.39 is 9.84 Å². The molecule has 1 atom stereocenters. The van der Waals surface area contributed by atoms with Gasteiger partial charge in [0.1, 0.15) is 0 Å². The summed E-state index contributed by atoms with van der Waals surface area (Å²) in [6.45, 7) is 8.03. The van der Waals surface area contributed by atoms with Crippen molar-refractivity contribution >= 4 is 15.5 Å². The maximum Gasteiger partial charge on any atom is 0.182 e. The van der Waals surface area contributed by atoms with E-state index in [1.807, 2.05) is 33.8 Å². The Morgan fingerprint density at radius 1 is 1.24 bits per heavy atom. The van der Waals surface area contributed by atoms with E-state index in [1.54, 1.807) is 6.07 Å². The summed E-state index contributed by atoms with van der Waals surface area (Å²) >= 11 is 0. The zero-order valence-electron chi connectivity index (χ0n) is 10.7. The number of hydrogen-bond donors (Lipinski definition) is 1. The van der Waals surface area contributed by atoms with Gasteiger partial charge in [0.2, 0.25) is 0 Å². The minimum absolute atomic E-state index is 0.00889. The Morgan fingerprint density at radius 3 is 2.41 bits per heavy atom. The summed E-state index contributed by atoms with van der Waals surface area (Å²) < 4.78 is 24.4. The minimum Gasteiger partial charge on any atom is -0.380 e. The molecule has 0 amide bonds. The molecule has 0 saturated carbocycles. The summed E-state index contributed by atoms with van der Waals surface area (Å²) in [4.78, 5) is 0.456. The van der Waals surface area contributed by atoms with E-state index in [0.717, 1.165) is 16.8 Å². The molecule has 0 aliphatic carbocycles. The maximum atomic E-state index is 12.2. The Bertz CT molecular complexity index is 547. The number of rotatable bonds is 1. The van der Waals surface area contributed by atoms with Gasteiger partial charge in [-0.1, -0.05) is 13.8 Å². The summed E-state index contributed by atoms with van der Waals surface area (Å²) in [7, 11) is -3.14. The van der Waals surface area contributed by atoms with Crippen LogP contribution in [0.4, 0.5) is 5.69 Å². The fourth-order valence-corrected chi connectivity index (χ4v) is 4.02. The topological polar surface area (TPSA) is 46.2 Å². The van der Waals surface area contributed by atoms with Gasteiger partial charge in [0.15, 0.2) is 9.84 Å². The number of hydrogen-bond acceptors (Lipinski definition) is 3. The van der Waals surface area contributed by atoms with E-state index >= 15 is 0 Å². The standard InChI is InChI=1S/C13H19NO2S/c1-8(2)12-7-17(15,16)13-6-10(4)9(3)5-11(13)14-12/h5-6,8,12,14H,7H2,1-4H3. The van der Waals surface area contributed by atoms with Gasteiger partial charge in [0.25, 0.3) is 0 Å². The molecule has 1 aliphatic heterocycles. The van der Waals surface area contributed by atoms with Crippen molar-refractivity contribution < 1.29 is 8.42 Å². The first-order valence-corrected chi connectivity index (χ1v) is 7.57. The van der Waals surface area contributed by atoms with Crippen molar-refractivity contribution in [3.05, 3.63) is 23.3 Å². The number of nitrogens with one attached hydrogen (secondary N) is 1. The highest BCUT2D eigenvalue weighted by Gasteiger charge is 2.31. The molecule has 0 spiro atoms. The zero-order chi connectivity index (χ0) is 12.8. The summed E-state index contributed by atoms with van der Waals surface area (Å²) in [6.07, 6.45) is 0. The molecular formula is C13H19NO2S. The van der Waals surface area contributed by atoms with Gasteiger partial charge >= 0.3 is 0 Å². The average Bonchev–Trinajstić information content (AvgIpc) is 2.20. The molecule has 1 heterocycles. The third-order valence-corrected chi connectivity index (χ3v) is 5.28. The number of sulfone groups is 1. The third-order valence-electron chi connectivity index (χ3n) is 3.48. The van der Waals surface area contributed by atoms with Crippen LogP contribution in [0.15, 0.2) is 17.0 Å². The minimum atomic E-state index is -3.14. The van der Waals surface area contributed by atoms with Crippen molar-refractivity contribution in [2.24, 2.45) is 5.92 Å². The van der Waals surface area contributed by atoms with Crippen LogP contribution in [0.2, 0.25) is 0 Å². The number of fused-ring (bicyclic) bond motifs is 1. The lowest BCUT2D eigenvalue weighted by Gasteiger charge is -2.30. The number of benzene rings is 1. The molecular weight excluding hydrogens is 234 g/mol. The van der Waals surface area contributed by atoms with E-state index in [1.165, 1.54) is 0 Å². The van der Waals surface area contributed by atoms with Crippen molar-refractivity contribution in [2.45, 2.75) is 38.6 Å². The van der Waals surface area contributed by atoms with Crippen LogP contribution in [0, 0.1) is 19.8 Å². The fraction of sp³-hybridized carbons (Fsp3) is 0.538. The summed E-state index contributed by atoms with van der Waals surface area (Å²) in [5.41, 5.74) is 2.91. The molecule has 4 heteroatoms. The Labute approximate surface area is 103 Å². The second-order valence-electron chi connectivity index (χ2n) is 5.21. The van der Waals surface area contributed by atoms with Crippen molar-refractivity contribution in [1.82, 2.24) is 0 Å². The highest BCUT2D eigenvalue weighted by molar-refractivity contribution is 7.91. The van der Waals surface area contributed by atoms with E-state index in [-0.39, 0.29) is 11.8 Å². The first kappa shape index (κ1) is 12.4. The molecule has 1 N–H and O–H groups in total. The van der Waals surface area contributed by atoms with Crippen LogP contribution >= 0.6 is 0 Å². The first-order valence-electron chi connectivity index (χ1n) is 5.92. The summed E-state index contributed by atoms with van der Waals surface area (Å²) in [5.74, 6) is 0.500. The van der Waals surface area contributed by atoms with Crippen LogP contribution in [-0.2, 0) is 9.84 Å². The molecule has 1 unspecified atom stereocenters. The average molecular weight is 253 g/mol. The largest absolute Gasteiger partial charge is 0.380 e. The molecule has 0 bridgehead atoms. The molecule has 94 valence electrons. The second-order valence-corrected chi connectivity index (χ2v) is 7.21. The molecule has 0 saturated heterocycles.